The molecule has 0 radical (unpaired) electrons. The van der Waals surface area contributed by atoms with Gasteiger partial charge in [-0.3, -0.25) is 4.79 Å². The van der Waals surface area contributed by atoms with E-state index in [2.05, 4.69) is 20.4 Å². The third-order valence-corrected chi connectivity index (χ3v) is 4.57. The summed E-state index contributed by atoms with van der Waals surface area (Å²) in [7, 11) is 1.56. The molecule has 0 aliphatic heterocycles. The number of amides is 1. The molecule has 0 aliphatic rings. The molecule has 0 spiro atoms. The summed E-state index contributed by atoms with van der Waals surface area (Å²) in [6.07, 6.45) is 1.65. The van der Waals surface area contributed by atoms with Gasteiger partial charge in [0.15, 0.2) is 5.82 Å². The van der Waals surface area contributed by atoms with E-state index >= 15 is 0 Å². The van der Waals surface area contributed by atoms with Gasteiger partial charge in [-0.25, -0.2) is 4.98 Å². The Hall–Kier alpha value is -2.87. The van der Waals surface area contributed by atoms with Crippen molar-refractivity contribution in [2.75, 3.05) is 7.11 Å². The third-order valence-electron chi connectivity index (χ3n) is 3.51. The molecule has 0 fully saturated rings. The smallest absolute Gasteiger partial charge is 0.252 e. The number of hydrogen-bond donors (Lipinski definition) is 1. The average molecular weight is 370 g/mol. The molecule has 134 valence electrons. The number of carbonyl (C=O) groups is 1. The van der Waals surface area contributed by atoms with Crippen LogP contribution in [0.1, 0.15) is 27.6 Å². The number of carbonyl (C=O) groups excluding carboxylic acids is 1. The zero-order valence-corrected chi connectivity index (χ0v) is 15.2. The van der Waals surface area contributed by atoms with E-state index in [1.165, 1.54) is 11.8 Å². The van der Waals surface area contributed by atoms with Crippen molar-refractivity contribution in [2.45, 2.75) is 24.1 Å². The second-order valence-electron chi connectivity index (χ2n) is 5.41. The van der Waals surface area contributed by atoms with Crippen LogP contribution in [0.4, 0.5) is 0 Å². The molecule has 2 aromatic heterocycles. The quantitative estimate of drug-likeness (QED) is 0.639. The van der Waals surface area contributed by atoms with Crippen LogP contribution >= 0.6 is 11.8 Å². The second kappa shape index (κ2) is 8.48. The van der Waals surface area contributed by atoms with Crippen molar-refractivity contribution in [1.29, 1.82) is 0 Å². The number of ether oxygens (including phenoxy) is 1. The standard InChI is InChI=1S/C18H18N4O3S/c1-12-21-17(25-22-12)11-26-15-6-4-3-5-14(15)18(23)20-10-13-7-8-19-16(9-13)24-2/h3-9H,10-11H2,1-2H3,(H,20,23). The summed E-state index contributed by atoms with van der Waals surface area (Å²) in [6.45, 7) is 2.16. The second-order valence-corrected chi connectivity index (χ2v) is 6.43. The van der Waals surface area contributed by atoms with Crippen LogP contribution < -0.4 is 10.1 Å². The van der Waals surface area contributed by atoms with Crippen LogP contribution in [-0.4, -0.2) is 28.1 Å². The van der Waals surface area contributed by atoms with Gasteiger partial charge < -0.3 is 14.6 Å². The predicted molar refractivity (Wildman–Crippen MR) is 97.0 cm³/mol. The Morgan fingerprint density at radius 3 is 2.92 bits per heavy atom. The van der Waals surface area contributed by atoms with Gasteiger partial charge in [0.1, 0.15) is 0 Å². The molecule has 0 saturated carbocycles. The van der Waals surface area contributed by atoms with Gasteiger partial charge >= 0.3 is 0 Å². The third kappa shape index (κ3) is 4.60. The van der Waals surface area contributed by atoms with Crippen molar-refractivity contribution in [3.05, 3.63) is 65.4 Å². The van der Waals surface area contributed by atoms with Crippen LogP contribution in [0.5, 0.6) is 5.88 Å². The fourth-order valence-corrected chi connectivity index (χ4v) is 3.16. The zero-order valence-electron chi connectivity index (χ0n) is 14.4. The molecule has 8 heteroatoms. The first kappa shape index (κ1) is 17.9. The number of pyridine rings is 1. The number of hydrogen-bond acceptors (Lipinski definition) is 7. The molecule has 1 N–H and O–H groups in total. The van der Waals surface area contributed by atoms with Crippen molar-refractivity contribution in [3.63, 3.8) is 0 Å². The minimum atomic E-state index is -0.148. The largest absolute Gasteiger partial charge is 0.481 e. The number of aryl methyl sites for hydroxylation is 1. The Bertz CT molecular complexity index is 897. The monoisotopic (exact) mass is 370 g/mol. The van der Waals surface area contributed by atoms with E-state index in [1.807, 2.05) is 24.3 Å². The molecule has 1 amide bonds. The Kier molecular flexibility index (Phi) is 5.85. The number of aromatic nitrogens is 3. The van der Waals surface area contributed by atoms with Gasteiger partial charge in [0.2, 0.25) is 11.8 Å². The van der Waals surface area contributed by atoms with Crippen LogP contribution in [-0.2, 0) is 12.3 Å². The Morgan fingerprint density at radius 1 is 1.31 bits per heavy atom. The molecule has 0 unspecified atom stereocenters. The molecule has 2 heterocycles. The number of rotatable bonds is 7. The number of thioether (sulfide) groups is 1. The summed E-state index contributed by atoms with van der Waals surface area (Å²) in [5.74, 6) is 2.01. The van der Waals surface area contributed by atoms with E-state index in [0.29, 0.717) is 35.5 Å². The van der Waals surface area contributed by atoms with Gasteiger partial charge in [0, 0.05) is 23.7 Å². The van der Waals surface area contributed by atoms with Gasteiger partial charge in [-0.1, -0.05) is 17.3 Å². The summed E-state index contributed by atoms with van der Waals surface area (Å²) in [5.41, 5.74) is 1.52. The number of nitrogens with zero attached hydrogens (tertiary/aromatic N) is 3. The first-order valence-corrected chi connectivity index (χ1v) is 8.92. The molecule has 26 heavy (non-hydrogen) atoms. The number of methoxy groups -OCH3 is 1. The average Bonchev–Trinajstić information content (AvgIpc) is 3.10. The van der Waals surface area contributed by atoms with E-state index in [9.17, 15) is 4.79 Å². The predicted octanol–water partition coefficient (Wildman–Crippen LogP) is 3.00. The molecule has 7 nitrogen and oxygen atoms in total. The summed E-state index contributed by atoms with van der Waals surface area (Å²) < 4.78 is 10.2. The van der Waals surface area contributed by atoms with Crippen LogP contribution in [0.15, 0.2) is 52.0 Å². The summed E-state index contributed by atoms with van der Waals surface area (Å²) >= 11 is 1.48. The molecule has 0 atom stereocenters. The van der Waals surface area contributed by atoms with Gasteiger partial charge in [-0.2, -0.15) is 4.98 Å². The van der Waals surface area contributed by atoms with Gasteiger partial charge in [0.25, 0.3) is 5.91 Å². The normalized spacial score (nSPS) is 10.5. The topological polar surface area (TPSA) is 90.1 Å². The fraction of sp³-hybridized carbons (Fsp3) is 0.222. The highest BCUT2D eigenvalue weighted by molar-refractivity contribution is 7.98. The highest BCUT2D eigenvalue weighted by atomic mass is 32.2. The Labute approximate surface area is 155 Å². The number of benzene rings is 1. The van der Waals surface area contributed by atoms with Crippen LogP contribution in [0.3, 0.4) is 0 Å². The first-order chi connectivity index (χ1) is 12.7. The molecule has 3 aromatic rings. The van der Waals surface area contributed by atoms with Gasteiger partial charge in [-0.05, 0) is 30.7 Å². The Morgan fingerprint density at radius 2 is 2.15 bits per heavy atom. The highest BCUT2D eigenvalue weighted by Gasteiger charge is 2.13. The lowest BCUT2D eigenvalue weighted by Gasteiger charge is -2.10. The molecular formula is C18H18N4O3S. The molecule has 0 bridgehead atoms. The lowest BCUT2D eigenvalue weighted by atomic mass is 10.2. The lowest BCUT2D eigenvalue weighted by Crippen LogP contribution is -2.23. The van der Waals surface area contributed by atoms with Gasteiger partial charge in [-0.15, -0.1) is 11.8 Å². The van der Waals surface area contributed by atoms with E-state index in [0.717, 1.165) is 10.5 Å². The molecule has 0 aliphatic carbocycles. The molecular weight excluding hydrogens is 352 g/mol. The maximum Gasteiger partial charge on any atom is 0.252 e. The van der Waals surface area contributed by atoms with Crippen molar-refractivity contribution < 1.29 is 14.1 Å². The molecule has 1 aromatic carbocycles. The van der Waals surface area contributed by atoms with Crippen molar-refractivity contribution in [3.8, 4) is 5.88 Å². The van der Waals surface area contributed by atoms with Crippen LogP contribution in [0.25, 0.3) is 0 Å². The van der Waals surface area contributed by atoms with E-state index in [4.69, 9.17) is 9.26 Å². The maximum atomic E-state index is 12.6. The van der Waals surface area contributed by atoms with E-state index < -0.39 is 0 Å². The molecule has 0 saturated heterocycles. The highest BCUT2D eigenvalue weighted by Crippen LogP contribution is 2.26. The Balaban J connectivity index is 1.65. The lowest BCUT2D eigenvalue weighted by molar-refractivity contribution is 0.0948. The minimum Gasteiger partial charge on any atom is -0.481 e. The first-order valence-electron chi connectivity index (χ1n) is 7.94. The van der Waals surface area contributed by atoms with Crippen molar-refractivity contribution in [2.24, 2.45) is 0 Å². The zero-order chi connectivity index (χ0) is 18.4. The summed E-state index contributed by atoms with van der Waals surface area (Å²) in [5, 5.41) is 6.69. The van der Waals surface area contributed by atoms with Crippen molar-refractivity contribution in [1.82, 2.24) is 20.4 Å². The van der Waals surface area contributed by atoms with E-state index in [1.54, 1.807) is 32.4 Å². The van der Waals surface area contributed by atoms with Crippen LogP contribution in [0.2, 0.25) is 0 Å². The summed E-state index contributed by atoms with van der Waals surface area (Å²) in [6, 6.07) is 11.1. The minimum absolute atomic E-state index is 0.148. The SMILES string of the molecule is COc1cc(CNC(=O)c2ccccc2SCc2nc(C)no2)ccn1. The van der Waals surface area contributed by atoms with Gasteiger partial charge in [0.05, 0.1) is 18.4 Å². The molecule has 3 rings (SSSR count). The van der Waals surface area contributed by atoms with E-state index in [-0.39, 0.29) is 5.91 Å². The summed E-state index contributed by atoms with van der Waals surface area (Å²) in [4.78, 5) is 21.7. The number of nitrogens with one attached hydrogen (secondary N) is 1. The fourth-order valence-electron chi connectivity index (χ4n) is 2.27. The van der Waals surface area contributed by atoms with Crippen molar-refractivity contribution >= 4 is 17.7 Å². The van der Waals surface area contributed by atoms with Crippen LogP contribution in [0, 0.1) is 6.92 Å². The maximum absolute atomic E-state index is 12.6.